The number of hydrogen-bond acceptors (Lipinski definition) is 5. The molecule has 6 nitrogen and oxygen atoms in total. The molecule has 4 aromatic rings. The van der Waals surface area contributed by atoms with Gasteiger partial charge in [0.05, 0.1) is 29.9 Å². The van der Waals surface area contributed by atoms with E-state index in [0.717, 1.165) is 28.2 Å². The number of para-hydroxylation sites is 3. The van der Waals surface area contributed by atoms with Gasteiger partial charge in [-0.25, -0.2) is 4.98 Å². The van der Waals surface area contributed by atoms with Gasteiger partial charge in [-0.3, -0.25) is 14.7 Å². The standard InChI is InChI=1S/C23H18N4O2/c1-29-16-12-10-15(11-13-16)27-22(26-18-7-3-2-6-17(18)23(27)28)21-14-24-19-8-4-5-9-20(19)25-21/h2-14,22,26H,1H3/t22-/m1/s1. The van der Waals surface area contributed by atoms with Crippen molar-refractivity contribution < 1.29 is 9.53 Å². The fourth-order valence-electron chi connectivity index (χ4n) is 3.57. The van der Waals surface area contributed by atoms with Gasteiger partial charge in [0.2, 0.25) is 0 Å². The molecule has 0 saturated carbocycles. The molecule has 0 radical (unpaired) electrons. The molecule has 1 N–H and O–H groups in total. The van der Waals surface area contributed by atoms with E-state index >= 15 is 0 Å². The number of aromatic nitrogens is 2. The smallest absolute Gasteiger partial charge is 0.262 e. The zero-order chi connectivity index (χ0) is 19.8. The first-order chi connectivity index (χ1) is 14.2. The fourth-order valence-corrected chi connectivity index (χ4v) is 3.57. The minimum absolute atomic E-state index is 0.0931. The molecule has 5 rings (SSSR count). The first kappa shape index (κ1) is 17.2. The third-order valence-electron chi connectivity index (χ3n) is 5.02. The number of fused-ring (bicyclic) bond motifs is 2. The van der Waals surface area contributed by atoms with Crippen LogP contribution in [0.15, 0.2) is 79.0 Å². The maximum Gasteiger partial charge on any atom is 0.262 e. The Morgan fingerprint density at radius 2 is 1.66 bits per heavy atom. The molecule has 142 valence electrons. The number of amides is 1. The van der Waals surface area contributed by atoms with E-state index in [-0.39, 0.29) is 5.91 Å². The molecule has 1 aromatic heterocycles. The highest BCUT2D eigenvalue weighted by atomic mass is 16.5. The Labute approximate surface area is 167 Å². The van der Waals surface area contributed by atoms with Crippen LogP contribution in [0.1, 0.15) is 22.2 Å². The summed E-state index contributed by atoms with van der Waals surface area (Å²) in [5.74, 6) is 0.637. The second-order valence-corrected chi connectivity index (χ2v) is 6.75. The maximum atomic E-state index is 13.4. The maximum absolute atomic E-state index is 13.4. The van der Waals surface area contributed by atoms with E-state index in [1.54, 1.807) is 18.2 Å². The molecule has 0 unspecified atom stereocenters. The number of nitrogens with one attached hydrogen (secondary N) is 1. The molecule has 1 atom stereocenters. The van der Waals surface area contributed by atoms with Crippen molar-refractivity contribution >= 4 is 28.3 Å². The predicted octanol–water partition coefficient (Wildman–Crippen LogP) is 4.41. The zero-order valence-corrected chi connectivity index (χ0v) is 15.7. The van der Waals surface area contributed by atoms with Gasteiger partial charge in [-0.15, -0.1) is 0 Å². The fraction of sp³-hybridized carbons (Fsp3) is 0.0870. The van der Waals surface area contributed by atoms with Crippen LogP contribution < -0.4 is 15.0 Å². The molecule has 0 fully saturated rings. The second-order valence-electron chi connectivity index (χ2n) is 6.75. The number of carbonyl (C=O) groups is 1. The number of nitrogens with zero attached hydrogens (tertiary/aromatic N) is 3. The molecule has 3 aromatic carbocycles. The molecule has 0 aliphatic carbocycles. The highest BCUT2D eigenvalue weighted by Crippen LogP contribution is 2.36. The first-order valence-corrected chi connectivity index (χ1v) is 9.29. The zero-order valence-electron chi connectivity index (χ0n) is 15.7. The molecular formula is C23H18N4O2. The Balaban J connectivity index is 1.65. The van der Waals surface area contributed by atoms with Crippen molar-refractivity contribution in [3.8, 4) is 5.75 Å². The van der Waals surface area contributed by atoms with Gasteiger partial charge in [0.15, 0.2) is 6.17 Å². The van der Waals surface area contributed by atoms with Gasteiger partial charge in [0.25, 0.3) is 5.91 Å². The number of carbonyl (C=O) groups excluding carboxylic acids is 1. The number of benzene rings is 3. The van der Waals surface area contributed by atoms with Gasteiger partial charge in [-0.2, -0.15) is 0 Å². The number of anilines is 2. The van der Waals surface area contributed by atoms with E-state index in [2.05, 4.69) is 10.3 Å². The summed E-state index contributed by atoms with van der Waals surface area (Å²) in [4.78, 5) is 24.4. The molecule has 1 amide bonds. The Bertz CT molecular complexity index is 1210. The summed E-state index contributed by atoms with van der Waals surface area (Å²) in [6.07, 6.45) is 1.24. The Kier molecular flexibility index (Phi) is 4.09. The molecule has 1 aliphatic rings. The molecule has 29 heavy (non-hydrogen) atoms. The van der Waals surface area contributed by atoms with Crippen LogP contribution in [0, 0.1) is 0 Å². The Morgan fingerprint density at radius 3 is 2.45 bits per heavy atom. The lowest BCUT2D eigenvalue weighted by atomic mass is 10.0. The summed E-state index contributed by atoms with van der Waals surface area (Å²) in [5, 5.41) is 3.46. The van der Waals surface area contributed by atoms with Crippen molar-refractivity contribution in [3.05, 3.63) is 90.3 Å². The highest BCUT2D eigenvalue weighted by molar-refractivity contribution is 6.12. The van der Waals surface area contributed by atoms with Crippen LogP contribution in [0.25, 0.3) is 11.0 Å². The summed E-state index contributed by atoms with van der Waals surface area (Å²) in [6.45, 7) is 0. The van der Waals surface area contributed by atoms with Crippen LogP contribution in [-0.4, -0.2) is 23.0 Å². The van der Waals surface area contributed by atoms with Gasteiger partial charge in [-0.1, -0.05) is 24.3 Å². The van der Waals surface area contributed by atoms with E-state index in [0.29, 0.717) is 11.3 Å². The quantitative estimate of drug-likeness (QED) is 0.568. The summed E-state index contributed by atoms with van der Waals surface area (Å²) in [6, 6.07) is 22.6. The summed E-state index contributed by atoms with van der Waals surface area (Å²) in [5.41, 5.74) is 4.42. The number of methoxy groups -OCH3 is 1. The van der Waals surface area contributed by atoms with Crippen LogP contribution >= 0.6 is 0 Å². The van der Waals surface area contributed by atoms with Crippen molar-refractivity contribution in [3.63, 3.8) is 0 Å². The summed E-state index contributed by atoms with van der Waals surface area (Å²) < 4.78 is 5.26. The molecule has 0 spiro atoms. The van der Waals surface area contributed by atoms with Crippen LogP contribution in [-0.2, 0) is 0 Å². The van der Waals surface area contributed by atoms with E-state index in [9.17, 15) is 4.79 Å². The normalized spacial score (nSPS) is 15.7. The average Bonchev–Trinajstić information content (AvgIpc) is 2.79. The van der Waals surface area contributed by atoms with Gasteiger partial charge in [0, 0.05) is 11.4 Å². The number of hydrogen-bond donors (Lipinski definition) is 1. The number of rotatable bonds is 3. The molecular weight excluding hydrogens is 364 g/mol. The monoisotopic (exact) mass is 382 g/mol. The van der Waals surface area contributed by atoms with Crippen molar-refractivity contribution in [2.75, 3.05) is 17.3 Å². The van der Waals surface area contributed by atoms with Crippen LogP contribution in [0.2, 0.25) is 0 Å². The second kappa shape index (κ2) is 6.91. The lowest BCUT2D eigenvalue weighted by Crippen LogP contribution is -2.43. The lowest BCUT2D eigenvalue weighted by Gasteiger charge is -2.37. The Hall–Kier alpha value is -3.93. The van der Waals surface area contributed by atoms with Crippen LogP contribution in [0.5, 0.6) is 5.75 Å². The SMILES string of the molecule is COc1ccc(N2C(=O)c3ccccc3N[C@H]2c2cnc3ccccc3n2)cc1. The predicted molar refractivity (Wildman–Crippen MR) is 112 cm³/mol. The average molecular weight is 382 g/mol. The largest absolute Gasteiger partial charge is 0.497 e. The molecule has 6 heteroatoms. The molecule has 0 saturated heterocycles. The van der Waals surface area contributed by atoms with Crippen molar-refractivity contribution in [1.29, 1.82) is 0 Å². The Morgan fingerprint density at radius 1 is 0.931 bits per heavy atom. The lowest BCUT2D eigenvalue weighted by molar-refractivity contribution is 0.0974. The summed E-state index contributed by atoms with van der Waals surface area (Å²) in [7, 11) is 1.62. The van der Waals surface area contributed by atoms with Crippen molar-refractivity contribution in [1.82, 2.24) is 9.97 Å². The number of ether oxygens (including phenoxy) is 1. The van der Waals surface area contributed by atoms with E-state index in [1.165, 1.54) is 0 Å². The van der Waals surface area contributed by atoms with Gasteiger partial charge < -0.3 is 10.1 Å². The molecule has 1 aliphatic heterocycles. The van der Waals surface area contributed by atoms with Crippen molar-refractivity contribution in [2.45, 2.75) is 6.17 Å². The minimum atomic E-state index is -0.483. The molecule has 0 bridgehead atoms. The van der Waals surface area contributed by atoms with Crippen molar-refractivity contribution in [2.24, 2.45) is 0 Å². The first-order valence-electron chi connectivity index (χ1n) is 9.29. The van der Waals surface area contributed by atoms with E-state index in [1.807, 2.05) is 72.8 Å². The van der Waals surface area contributed by atoms with Gasteiger partial charge in [0.1, 0.15) is 11.4 Å². The third-order valence-corrected chi connectivity index (χ3v) is 5.02. The summed E-state index contributed by atoms with van der Waals surface area (Å²) >= 11 is 0. The van der Waals surface area contributed by atoms with Crippen LogP contribution in [0.3, 0.4) is 0 Å². The highest BCUT2D eigenvalue weighted by Gasteiger charge is 2.35. The topological polar surface area (TPSA) is 67.3 Å². The van der Waals surface area contributed by atoms with Crippen LogP contribution in [0.4, 0.5) is 11.4 Å². The van der Waals surface area contributed by atoms with E-state index in [4.69, 9.17) is 9.72 Å². The third kappa shape index (κ3) is 2.95. The van der Waals surface area contributed by atoms with Gasteiger partial charge >= 0.3 is 0 Å². The van der Waals surface area contributed by atoms with E-state index < -0.39 is 6.17 Å². The minimum Gasteiger partial charge on any atom is -0.497 e. The molecule has 2 heterocycles. The van der Waals surface area contributed by atoms with Gasteiger partial charge in [-0.05, 0) is 48.5 Å².